The normalized spacial score (nSPS) is 27.6. The number of ether oxygens (including phenoxy) is 2. The standard InChI is InChI=1S/C13H18O3/c1-9-5-13(6-10(2)11(9)14)7-15-12(3,4)16-8-13/h5-6H,7-8H2,1-4H3. The molecule has 1 heterocycles. The van der Waals surface area contributed by atoms with E-state index in [0.717, 1.165) is 11.1 Å². The van der Waals surface area contributed by atoms with E-state index >= 15 is 0 Å². The summed E-state index contributed by atoms with van der Waals surface area (Å²) in [4.78, 5) is 11.7. The van der Waals surface area contributed by atoms with Crippen LogP contribution in [-0.4, -0.2) is 24.8 Å². The van der Waals surface area contributed by atoms with E-state index in [2.05, 4.69) is 0 Å². The zero-order valence-corrected chi connectivity index (χ0v) is 10.3. The molecule has 2 rings (SSSR count). The van der Waals surface area contributed by atoms with Gasteiger partial charge in [0, 0.05) is 0 Å². The van der Waals surface area contributed by atoms with Crippen LogP contribution in [0.2, 0.25) is 0 Å². The lowest BCUT2D eigenvalue weighted by Crippen LogP contribution is -2.46. The minimum atomic E-state index is -0.518. The molecule has 0 bridgehead atoms. The lowest BCUT2D eigenvalue weighted by atomic mass is 9.79. The molecule has 0 atom stereocenters. The van der Waals surface area contributed by atoms with Crippen molar-refractivity contribution in [3.8, 4) is 0 Å². The SMILES string of the molecule is CC1=CC2(C=C(C)C1=O)COC(C)(C)OC2. The molecule has 0 aromatic heterocycles. The summed E-state index contributed by atoms with van der Waals surface area (Å²) in [6, 6.07) is 0. The molecule has 0 aromatic carbocycles. The molecule has 1 fully saturated rings. The zero-order valence-electron chi connectivity index (χ0n) is 10.3. The Morgan fingerprint density at radius 2 is 1.50 bits per heavy atom. The summed E-state index contributed by atoms with van der Waals surface area (Å²) in [5, 5.41) is 0. The van der Waals surface area contributed by atoms with Gasteiger partial charge in [0.05, 0.1) is 18.6 Å². The fourth-order valence-corrected chi connectivity index (χ4v) is 2.21. The van der Waals surface area contributed by atoms with Gasteiger partial charge in [-0.1, -0.05) is 12.2 Å². The first-order valence-electron chi connectivity index (χ1n) is 5.55. The topological polar surface area (TPSA) is 35.5 Å². The van der Waals surface area contributed by atoms with Gasteiger partial charge < -0.3 is 9.47 Å². The van der Waals surface area contributed by atoms with Gasteiger partial charge in [-0.2, -0.15) is 0 Å². The number of carbonyl (C=O) groups is 1. The van der Waals surface area contributed by atoms with Crippen LogP contribution < -0.4 is 0 Å². The Morgan fingerprint density at radius 1 is 1.06 bits per heavy atom. The first kappa shape index (κ1) is 11.6. The van der Waals surface area contributed by atoms with Crippen LogP contribution in [0.25, 0.3) is 0 Å². The zero-order chi connectivity index (χ0) is 12.0. The van der Waals surface area contributed by atoms with Crippen LogP contribution in [-0.2, 0) is 14.3 Å². The van der Waals surface area contributed by atoms with Gasteiger partial charge in [-0.15, -0.1) is 0 Å². The van der Waals surface area contributed by atoms with Crippen molar-refractivity contribution < 1.29 is 14.3 Å². The third-order valence-corrected chi connectivity index (χ3v) is 3.10. The molecule has 0 amide bonds. The second kappa shape index (κ2) is 3.54. The molecule has 2 aliphatic rings. The van der Waals surface area contributed by atoms with Gasteiger partial charge in [-0.05, 0) is 38.8 Å². The van der Waals surface area contributed by atoms with E-state index in [9.17, 15) is 4.79 Å². The van der Waals surface area contributed by atoms with Crippen molar-refractivity contribution >= 4 is 5.78 Å². The van der Waals surface area contributed by atoms with Crippen LogP contribution in [0.1, 0.15) is 27.7 Å². The summed E-state index contributed by atoms with van der Waals surface area (Å²) in [7, 11) is 0. The number of carbonyl (C=O) groups excluding carboxylic acids is 1. The van der Waals surface area contributed by atoms with Gasteiger partial charge in [0.2, 0.25) is 0 Å². The molecule has 16 heavy (non-hydrogen) atoms. The van der Waals surface area contributed by atoms with Gasteiger partial charge in [-0.3, -0.25) is 4.79 Å². The average molecular weight is 222 g/mol. The van der Waals surface area contributed by atoms with E-state index in [1.807, 2.05) is 39.8 Å². The number of ketones is 1. The van der Waals surface area contributed by atoms with Crippen LogP contribution in [0.15, 0.2) is 23.3 Å². The summed E-state index contributed by atoms with van der Waals surface area (Å²) < 4.78 is 11.3. The molecule has 88 valence electrons. The van der Waals surface area contributed by atoms with Crippen molar-refractivity contribution in [3.63, 3.8) is 0 Å². The number of rotatable bonds is 0. The maximum absolute atomic E-state index is 11.7. The van der Waals surface area contributed by atoms with Crippen molar-refractivity contribution in [1.29, 1.82) is 0 Å². The molecule has 1 spiro atoms. The van der Waals surface area contributed by atoms with E-state index in [-0.39, 0.29) is 11.2 Å². The van der Waals surface area contributed by atoms with E-state index in [0.29, 0.717) is 13.2 Å². The summed E-state index contributed by atoms with van der Waals surface area (Å²) >= 11 is 0. The summed E-state index contributed by atoms with van der Waals surface area (Å²) in [6.45, 7) is 8.65. The van der Waals surface area contributed by atoms with Crippen LogP contribution in [0, 0.1) is 5.41 Å². The Kier molecular flexibility index (Phi) is 2.55. The number of Topliss-reactive ketones (excluding diaryl/α,β-unsaturated/α-hetero) is 1. The predicted octanol–water partition coefficient (Wildman–Crippen LogP) is 2.23. The number of allylic oxidation sites excluding steroid dienone is 2. The molecule has 0 aromatic rings. The van der Waals surface area contributed by atoms with Crippen LogP contribution in [0.3, 0.4) is 0 Å². The fraction of sp³-hybridized carbons (Fsp3) is 0.615. The quantitative estimate of drug-likeness (QED) is 0.630. The monoisotopic (exact) mass is 222 g/mol. The number of hydrogen-bond acceptors (Lipinski definition) is 3. The second-order valence-corrected chi connectivity index (χ2v) is 5.19. The highest BCUT2D eigenvalue weighted by molar-refractivity contribution is 6.08. The van der Waals surface area contributed by atoms with Gasteiger partial charge in [0.15, 0.2) is 11.6 Å². The summed E-state index contributed by atoms with van der Waals surface area (Å²) in [5.74, 6) is -0.397. The Bertz CT molecular complexity index is 354. The fourth-order valence-electron chi connectivity index (χ4n) is 2.21. The van der Waals surface area contributed by atoms with E-state index in [1.54, 1.807) is 0 Å². The first-order valence-corrected chi connectivity index (χ1v) is 5.55. The molecule has 1 aliphatic heterocycles. The van der Waals surface area contributed by atoms with Crippen LogP contribution in [0.4, 0.5) is 0 Å². The Morgan fingerprint density at radius 3 is 1.94 bits per heavy atom. The molecule has 0 unspecified atom stereocenters. The summed E-state index contributed by atoms with van der Waals surface area (Å²) in [6.07, 6.45) is 3.94. The van der Waals surface area contributed by atoms with Crippen molar-refractivity contribution in [2.75, 3.05) is 13.2 Å². The third-order valence-electron chi connectivity index (χ3n) is 3.10. The molecule has 1 aliphatic carbocycles. The minimum Gasteiger partial charge on any atom is -0.349 e. The van der Waals surface area contributed by atoms with Crippen LogP contribution in [0.5, 0.6) is 0 Å². The first-order chi connectivity index (χ1) is 7.34. The van der Waals surface area contributed by atoms with Gasteiger partial charge in [0.25, 0.3) is 0 Å². The Balaban J connectivity index is 2.26. The highest BCUT2D eigenvalue weighted by atomic mass is 16.7. The van der Waals surface area contributed by atoms with Crippen molar-refractivity contribution in [3.05, 3.63) is 23.3 Å². The lowest BCUT2D eigenvalue weighted by molar-refractivity contribution is -0.269. The van der Waals surface area contributed by atoms with Gasteiger partial charge in [0.1, 0.15) is 0 Å². The van der Waals surface area contributed by atoms with Gasteiger partial charge >= 0.3 is 0 Å². The smallest absolute Gasteiger partial charge is 0.183 e. The minimum absolute atomic E-state index is 0.121. The van der Waals surface area contributed by atoms with E-state index < -0.39 is 5.79 Å². The number of hydrogen-bond donors (Lipinski definition) is 0. The second-order valence-electron chi connectivity index (χ2n) is 5.19. The van der Waals surface area contributed by atoms with Crippen molar-refractivity contribution in [2.24, 2.45) is 5.41 Å². The van der Waals surface area contributed by atoms with Crippen molar-refractivity contribution in [2.45, 2.75) is 33.5 Å². The Labute approximate surface area is 96.1 Å². The van der Waals surface area contributed by atoms with Crippen LogP contribution >= 0.6 is 0 Å². The largest absolute Gasteiger partial charge is 0.349 e. The average Bonchev–Trinajstić information content (AvgIpc) is 2.20. The van der Waals surface area contributed by atoms with Crippen molar-refractivity contribution in [1.82, 2.24) is 0 Å². The highest BCUT2D eigenvalue weighted by Gasteiger charge is 2.39. The molecule has 1 saturated heterocycles. The molecule has 0 saturated carbocycles. The molecule has 0 N–H and O–H groups in total. The third kappa shape index (κ3) is 1.97. The maximum atomic E-state index is 11.7. The molecular weight excluding hydrogens is 204 g/mol. The Hall–Kier alpha value is -0.930. The van der Waals surface area contributed by atoms with E-state index in [4.69, 9.17) is 9.47 Å². The predicted molar refractivity (Wildman–Crippen MR) is 60.9 cm³/mol. The van der Waals surface area contributed by atoms with E-state index in [1.165, 1.54) is 0 Å². The lowest BCUT2D eigenvalue weighted by Gasteiger charge is -2.42. The molecule has 3 heteroatoms. The molecule has 0 radical (unpaired) electrons. The molecular formula is C13H18O3. The van der Waals surface area contributed by atoms with Gasteiger partial charge in [-0.25, -0.2) is 0 Å². The molecule has 3 nitrogen and oxygen atoms in total. The maximum Gasteiger partial charge on any atom is 0.183 e. The highest BCUT2D eigenvalue weighted by Crippen LogP contribution is 2.37. The summed E-state index contributed by atoms with van der Waals surface area (Å²) in [5.41, 5.74) is 1.32.